The van der Waals surface area contributed by atoms with Crippen molar-refractivity contribution >= 4 is 0 Å². The van der Waals surface area contributed by atoms with Crippen LogP contribution in [0.1, 0.15) is 17.2 Å². The minimum absolute atomic E-state index is 0.0122. The van der Waals surface area contributed by atoms with Crippen LogP contribution < -0.4 is 16.8 Å². The number of benzene rings is 1. The van der Waals surface area contributed by atoms with Gasteiger partial charge in [-0.05, 0) is 17.7 Å². The van der Waals surface area contributed by atoms with Gasteiger partial charge in [0.1, 0.15) is 0 Å². The Hall–Kier alpha value is -1.45. The summed E-state index contributed by atoms with van der Waals surface area (Å²) >= 11 is 0. The molecule has 1 aromatic rings. The highest BCUT2D eigenvalue weighted by Gasteiger charge is 2.08. The highest BCUT2D eigenvalue weighted by molar-refractivity contribution is 5.32. The van der Waals surface area contributed by atoms with Gasteiger partial charge in [0.2, 0.25) is 0 Å². The molecule has 0 radical (unpaired) electrons. The molecule has 0 heterocycles. The van der Waals surface area contributed by atoms with Crippen molar-refractivity contribution in [1.29, 1.82) is 5.26 Å². The Kier molecular flexibility index (Phi) is 6.33. The lowest BCUT2D eigenvalue weighted by Crippen LogP contribution is -2.37. The molecule has 0 amide bonds. The van der Waals surface area contributed by atoms with Crippen molar-refractivity contribution in [3.8, 4) is 6.07 Å². The summed E-state index contributed by atoms with van der Waals surface area (Å²) < 4.78 is 5.15. The van der Waals surface area contributed by atoms with Gasteiger partial charge in [0.15, 0.2) is 0 Å². The van der Waals surface area contributed by atoms with Gasteiger partial charge in [-0.15, -0.1) is 0 Å². The van der Waals surface area contributed by atoms with E-state index in [4.69, 9.17) is 21.5 Å². The average molecular weight is 248 g/mol. The van der Waals surface area contributed by atoms with Gasteiger partial charge in [0, 0.05) is 32.8 Å². The molecule has 18 heavy (non-hydrogen) atoms. The van der Waals surface area contributed by atoms with Crippen LogP contribution in [-0.2, 0) is 4.74 Å². The predicted octanol–water partition coefficient (Wildman–Crippen LogP) is 0.121. The van der Waals surface area contributed by atoms with Crippen LogP contribution in [0.2, 0.25) is 0 Å². The van der Waals surface area contributed by atoms with Gasteiger partial charge in [-0.2, -0.15) is 5.26 Å². The van der Waals surface area contributed by atoms with E-state index in [0.29, 0.717) is 25.2 Å². The van der Waals surface area contributed by atoms with Gasteiger partial charge >= 0.3 is 0 Å². The molecule has 0 fully saturated rings. The summed E-state index contributed by atoms with van der Waals surface area (Å²) in [5.41, 5.74) is 13.2. The van der Waals surface area contributed by atoms with E-state index in [-0.39, 0.29) is 12.1 Å². The summed E-state index contributed by atoms with van der Waals surface area (Å²) in [6.07, 6.45) is 0.0122. The average Bonchev–Trinajstić information content (AvgIpc) is 2.43. The number of nitrogens with one attached hydrogen (secondary N) is 1. The summed E-state index contributed by atoms with van der Waals surface area (Å²) in [4.78, 5) is 0. The normalized spacial score (nSPS) is 13.9. The van der Waals surface area contributed by atoms with Crippen molar-refractivity contribution in [2.45, 2.75) is 12.1 Å². The van der Waals surface area contributed by atoms with Gasteiger partial charge in [0.25, 0.3) is 0 Å². The van der Waals surface area contributed by atoms with Crippen LogP contribution in [-0.4, -0.2) is 32.8 Å². The molecule has 2 unspecified atom stereocenters. The van der Waals surface area contributed by atoms with Gasteiger partial charge in [0.05, 0.1) is 17.7 Å². The maximum Gasteiger partial charge on any atom is 0.0991 e. The standard InChI is InChI=1S/C13H20N4O/c1-18-12(7-15)8-17-9-13(16)11-4-2-10(6-14)3-5-11/h2-5,12-13,17H,7-9,15-16H2,1H3. The van der Waals surface area contributed by atoms with Crippen LogP contribution in [0.5, 0.6) is 0 Å². The van der Waals surface area contributed by atoms with E-state index in [1.54, 1.807) is 19.2 Å². The molecule has 0 saturated carbocycles. The van der Waals surface area contributed by atoms with Crippen molar-refractivity contribution < 1.29 is 4.74 Å². The number of hydrogen-bond acceptors (Lipinski definition) is 5. The minimum Gasteiger partial charge on any atom is -0.379 e. The van der Waals surface area contributed by atoms with Gasteiger partial charge < -0.3 is 21.5 Å². The predicted molar refractivity (Wildman–Crippen MR) is 70.8 cm³/mol. The summed E-state index contributed by atoms with van der Waals surface area (Å²) in [5, 5.41) is 11.9. The molecule has 0 saturated heterocycles. The van der Waals surface area contributed by atoms with Crippen molar-refractivity contribution in [2.75, 3.05) is 26.7 Å². The van der Waals surface area contributed by atoms with Gasteiger partial charge in [-0.25, -0.2) is 0 Å². The summed E-state index contributed by atoms with van der Waals surface area (Å²) in [6.45, 7) is 1.80. The molecule has 0 aliphatic carbocycles. The smallest absolute Gasteiger partial charge is 0.0991 e. The largest absolute Gasteiger partial charge is 0.379 e. The maximum atomic E-state index is 8.70. The quantitative estimate of drug-likeness (QED) is 0.637. The Bertz CT molecular complexity index is 381. The first-order valence-electron chi connectivity index (χ1n) is 5.90. The van der Waals surface area contributed by atoms with Gasteiger partial charge in [-0.1, -0.05) is 12.1 Å². The van der Waals surface area contributed by atoms with Crippen LogP contribution in [0.3, 0.4) is 0 Å². The third-order valence-electron chi connectivity index (χ3n) is 2.80. The molecule has 0 aliphatic rings. The Balaban J connectivity index is 2.40. The molecule has 0 spiro atoms. The number of hydrogen-bond donors (Lipinski definition) is 3. The second-order valence-electron chi connectivity index (χ2n) is 4.09. The Morgan fingerprint density at radius 2 is 2.00 bits per heavy atom. The molecule has 0 aromatic heterocycles. The fourth-order valence-electron chi connectivity index (χ4n) is 1.59. The zero-order valence-electron chi connectivity index (χ0n) is 10.6. The second kappa shape index (κ2) is 7.80. The third kappa shape index (κ3) is 4.43. The van der Waals surface area contributed by atoms with Crippen LogP contribution in [0.4, 0.5) is 0 Å². The Morgan fingerprint density at radius 3 is 2.50 bits per heavy atom. The van der Waals surface area contributed by atoms with Crippen molar-refractivity contribution in [1.82, 2.24) is 5.32 Å². The van der Waals surface area contributed by atoms with E-state index < -0.39 is 0 Å². The zero-order chi connectivity index (χ0) is 13.4. The maximum absolute atomic E-state index is 8.70. The first-order valence-corrected chi connectivity index (χ1v) is 5.90. The first-order chi connectivity index (χ1) is 8.71. The van der Waals surface area contributed by atoms with Crippen molar-refractivity contribution in [3.63, 3.8) is 0 Å². The molecule has 1 rings (SSSR count). The molecule has 1 aromatic carbocycles. The number of rotatable bonds is 7. The fourth-order valence-corrected chi connectivity index (χ4v) is 1.59. The molecular weight excluding hydrogens is 228 g/mol. The molecule has 0 aliphatic heterocycles. The monoisotopic (exact) mass is 248 g/mol. The zero-order valence-corrected chi connectivity index (χ0v) is 10.6. The van der Waals surface area contributed by atoms with E-state index in [2.05, 4.69) is 11.4 Å². The number of nitriles is 1. The van der Waals surface area contributed by atoms with Crippen molar-refractivity contribution in [3.05, 3.63) is 35.4 Å². The molecular formula is C13H20N4O. The SMILES string of the molecule is COC(CN)CNCC(N)c1ccc(C#N)cc1. The summed E-state index contributed by atoms with van der Waals surface area (Å²) in [7, 11) is 1.64. The number of methoxy groups -OCH3 is 1. The molecule has 5 nitrogen and oxygen atoms in total. The molecule has 2 atom stereocenters. The van der Waals surface area contributed by atoms with Crippen LogP contribution in [0.15, 0.2) is 24.3 Å². The fraction of sp³-hybridized carbons (Fsp3) is 0.462. The molecule has 5 N–H and O–H groups in total. The molecule has 0 bridgehead atoms. The van der Waals surface area contributed by atoms with Crippen LogP contribution in [0, 0.1) is 11.3 Å². The topological polar surface area (TPSA) is 97.1 Å². The lowest BCUT2D eigenvalue weighted by Gasteiger charge is -2.17. The lowest BCUT2D eigenvalue weighted by atomic mass is 10.1. The van der Waals surface area contributed by atoms with E-state index in [0.717, 1.165) is 5.56 Å². The Labute approximate surface area is 108 Å². The first kappa shape index (κ1) is 14.6. The third-order valence-corrected chi connectivity index (χ3v) is 2.80. The molecule has 5 heteroatoms. The minimum atomic E-state index is -0.104. The van der Waals surface area contributed by atoms with Crippen LogP contribution in [0.25, 0.3) is 0 Å². The van der Waals surface area contributed by atoms with Gasteiger partial charge in [-0.3, -0.25) is 0 Å². The number of ether oxygens (including phenoxy) is 1. The Morgan fingerprint density at radius 1 is 1.33 bits per heavy atom. The summed E-state index contributed by atoms with van der Waals surface area (Å²) in [6, 6.07) is 9.27. The summed E-state index contributed by atoms with van der Waals surface area (Å²) in [5.74, 6) is 0. The van der Waals surface area contributed by atoms with E-state index in [9.17, 15) is 0 Å². The highest BCUT2D eigenvalue weighted by Crippen LogP contribution is 2.10. The number of nitrogens with zero attached hydrogens (tertiary/aromatic N) is 1. The second-order valence-corrected chi connectivity index (χ2v) is 4.09. The van der Waals surface area contributed by atoms with E-state index >= 15 is 0 Å². The molecule has 98 valence electrons. The highest BCUT2D eigenvalue weighted by atomic mass is 16.5. The van der Waals surface area contributed by atoms with E-state index in [1.165, 1.54) is 0 Å². The number of nitrogens with two attached hydrogens (primary N) is 2. The van der Waals surface area contributed by atoms with Crippen molar-refractivity contribution in [2.24, 2.45) is 11.5 Å². The lowest BCUT2D eigenvalue weighted by molar-refractivity contribution is 0.108. The van der Waals surface area contributed by atoms with Crippen LogP contribution >= 0.6 is 0 Å². The van der Waals surface area contributed by atoms with E-state index in [1.807, 2.05) is 12.1 Å².